The third kappa shape index (κ3) is 3.96. The van der Waals surface area contributed by atoms with Gasteiger partial charge in [0.15, 0.2) is 0 Å². The highest BCUT2D eigenvalue weighted by molar-refractivity contribution is 6.30. The molecule has 33 heavy (non-hydrogen) atoms. The van der Waals surface area contributed by atoms with E-state index in [9.17, 15) is 4.79 Å². The number of nitrogens with zero attached hydrogens (tertiary/aromatic N) is 2. The lowest BCUT2D eigenvalue weighted by Crippen LogP contribution is -2.38. The maximum Gasteiger partial charge on any atom is 0.323 e. The Kier molecular flexibility index (Phi) is 5.56. The van der Waals surface area contributed by atoms with E-state index in [2.05, 4.69) is 28.1 Å². The summed E-state index contributed by atoms with van der Waals surface area (Å²) < 4.78 is 7.65. The van der Waals surface area contributed by atoms with Crippen LogP contribution in [-0.2, 0) is 6.54 Å². The van der Waals surface area contributed by atoms with Crippen LogP contribution in [0.4, 0.5) is 10.5 Å². The number of rotatable bonds is 3. The molecule has 0 saturated carbocycles. The molecule has 0 saturated heterocycles. The summed E-state index contributed by atoms with van der Waals surface area (Å²) in [5.74, 6) is 0.621. The molecule has 1 aliphatic heterocycles. The van der Waals surface area contributed by atoms with Crippen molar-refractivity contribution in [3.8, 4) is 11.4 Å². The highest BCUT2D eigenvalue weighted by Crippen LogP contribution is 2.37. The normalized spacial score (nSPS) is 14.8. The third-order valence-electron chi connectivity index (χ3n) is 6.01. The number of amides is 2. The number of aromatic nitrogens is 1. The van der Waals surface area contributed by atoms with Crippen LogP contribution in [0.3, 0.4) is 0 Å². The smallest absolute Gasteiger partial charge is 0.323 e. The maximum atomic E-state index is 13.8. The Labute approximate surface area is 198 Å². The lowest BCUT2D eigenvalue weighted by atomic mass is 10.0. The van der Waals surface area contributed by atoms with Crippen LogP contribution in [0.15, 0.2) is 85.1 Å². The number of urea groups is 1. The van der Waals surface area contributed by atoms with E-state index in [1.54, 1.807) is 7.11 Å². The van der Waals surface area contributed by atoms with Gasteiger partial charge in [0, 0.05) is 16.9 Å². The molecule has 2 heterocycles. The molecule has 166 valence electrons. The fraction of sp³-hybridized carbons (Fsp3) is 0.148. The number of nitrogens with one attached hydrogen (secondary N) is 1. The summed E-state index contributed by atoms with van der Waals surface area (Å²) in [6.07, 6.45) is 2.04. The average Bonchev–Trinajstić information content (AvgIpc) is 3.24. The fourth-order valence-electron chi connectivity index (χ4n) is 4.44. The van der Waals surface area contributed by atoms with Crippen LogP contribution in [0, 0.1) is 6.92 Å². The average molecular weight is 458 g/mol. The number of hydrogen-bond acceptors (Lipinski definition) is 2. The van der Waals surface area contributed by atoms with Crippen molar-refractivity contribution >= 4 is 23.3 Å². The van der Waals surface area contributed by atoms with E-state index in [1.807, 2.05) is 78.7 Å². The maximum absolute atomic E-state index is 13.8. The van der Waals surface area contributed by atoms with Gasteiger partial charge in [0.1, 0.15) is 5.75 Å². The molecule has 0 fully saturated rings. The van der Waals surface area contributed by atoms with E-state index in [4.69, 9.17) is 16.3 Å². The molecule has 0 spiro atoms. The monoisotopic (exact) mass is 457 g/mol. The molecule has 1 atom stereocenters. The standard InChI is InChI=1S/C27H24ClN3O2/c1-18-9-14-25(33-2)22(16-18)29-27(32)31-17-20-6-3-4-7-23(20)30-15-5-8-24(30)26(31)19-10-12-21(28)13-11-19/h3-16,26H,17H2,1-2H3,(H,29,32)/t26-/m1/s1. The Hall–Kier alpha value is -3.70. The minimum atomic E-state index is -0.305. The van der Waals surface area contributed by atoms with Gasteiger partial charge in [-0.25, -0.2) is 4.79 Å². The minimum Gasteiger partial charge on any atom is -0.495 e. The van der Waals surface area contributed by atoms with E-state index in [1.165, 1.54) is 0 Å². The van der Waals surface area contributed by atoms with E-state index >= 15 is 0 Å². The number of ether oxygens (including phenoxy) is 1. The van der Waals surface area contributed by atoms with Gasteiger partial charge in [0.2, 0.25) is 0 Å². The first-order valence-electron chi connectivity index (χ1n) is 10.8. The third-order valence-corrected chi connectivity index (χ3v) is 6.26. The summed E-state index contributed by atoms with van der Waals surface area (Å²) in [6, 6.07) is 25.2. The molecule has 2 amide bonds. The molecule has 1 N–H and O–H groups in total. The Morgan fingerprint density at radius 2 is 1.82 bits per heavy atom. The first-order chi connectivity index (χ1) is 16.0. The van der Waals surface area contributed by atoms with Crippen molar-refractivity contribution in [3.05, 3.63) is 112 Å². The molecule has 5 rings (SSSR count). The molecule has 0 radical (unpaired) electrons. The van der Waals surface area contributed by atoms with Crippen LogP contribution >= 0.6 is 11.6 Å². The minimum absolute atomic E-state index is 0.205. The first-order valence-corrected chi connectivity index (χ1v) is 11.2. The molecule has 0 aliphatic carbocycles. The molecule has 1 aromatic heterocycles. The molecular weight excluding hydrogens is 434 g/mol. The SMILES string of the molecule is COc1ccc(C)cc1NC(=O)N1Cc2ccccc2-n2cccc2[C@H]1c1ccc(Cl)cc1. The van der Waals surface area contributed by atoms with Crippen LogP contribution in [0.1, 0.15) is 28.4 Å². The highest BCUT2D eigenvalue weighted by Gasteiger charge is 2.33. The van der Waals surface area contributed by atoms with Gasteiger partial charge in [-0.05, 0) is 66.1 Å². The Morgan fingerprint density at radius 1 is 1.03 bits per heavy atom. The van der Waals surface area contributed by atoms with Crippen molar-refractivity contribution in [3.63, 3.8) is 0 Å². The van der Waals surface area contributed by atoms with Gasteiger partial charge in [0.05, 0.1) is 31.1 Å². The van der Waals surface area contributed by atoms with Crippen molar-refractivity contribution in [2.45, 2.75) is 19.5 Å². The van der Waals surface area contributed by atoms with Crippen LogP contribution in [-0.4, -0.2) is 22.6 Å². The second-order valence-corrected chi connectivity index (χ2v) is 8.58. The quantitative estimate of drug-likeness (QED) is 0.377. The first kappa shape index (κ1) is 21.2. The lowest BCUT2D eigenvalue weighted by molar-refractivity contribution is 0.194. The summed E-state index contributed by atoms with van der Waals surface area (Å²) in [5, 5.41) is 3.75. The summed E-state index contributed by atoms with van der Waals surface area (Å²) in [6.45, 7) is 2.44. The molecule has 4 aromatic rings. The van der Waals surface area contributed by atoms with Gasteiger partial charge in [-0.1, -0.05) is 48.0 Å². The van der Waals surface area contributed by atoms with Gasteiger partial charge in [-0.15, -0.1) is 0 Å². The van der Waals surface area contributed by atoms with E-state index in [0.717, 1.165) is 28.1 Å². The number of benzene rings is 3. The van der Waals surface area contributed by atoms with Crippen molar-refractivity contribution in [1.29, 1.82) is 0 Å². The predicted octanol–water partition coefficient (Wildman–Crippen LogP) is 6.58. The number of hydrogen-bond donors (Lipinski definition) is 1. The summed E-state index contributed by atoms with van der Waals surface area (Å²) in [5.41, 5.74) is 5.81. The van der Waals surface area contributed by atoms with E-state index in [-0.39, 0.29) is 12.1 Å². The van der Waals surface area contributed by atoms with E-state index in [0.29, 0.717) is 23.0 Å². The number of halogens is 1. The number of carbonyl (C=O) groups excluding carboxylic acids is 1. The molecular formula is C27H24ClN3O2. The molecule has 0 bridgehead atoms. The van der Waals surface area contributed by atoms with Crippen LogP contribution < -0.4 is 10.1 Å². The summed E-state index contributed by atoms with van der Waals surface area (Å²) in [4.78, 5) is 15.7. The van der Waals surface area contributed by atoms with Gasteiger partial charge in [-0.2, -0.15) is 0 Å². The Balaban J connectivity index is 1.63. The molecule has 0 unspecified atom stereocenters. The van der Waals surface area contributed by atoms with Crippen molar-refractivity contribution in [2.24, 2.45) is 0 Å². The zero-order valence-corrected chi connectivity index (χ0v) is 19.2. The van der Waals surface area contributed by atoms with Gasteiger partial charge < -0.3 is 19.5 Å². The second kappa shape index (κ2) is 8.68. The molecule has 3 aromatic carbocycles. The lowest BCUT2D eigenvalue weighted by Gasteiger charge is -2.31. The zero-order chi connectivity index (χ0) is 22.9. The van der Waals surface area contributed by atoms with Gasteiger partial charge in [-0.3, -0.25) is 0 Å². The number of fused-ring (bicyclic) bond motifs is 3. The largest absolute Gasteiger partial charge is 0.495 e. The molecule has 5 nitrogen and oxygen atoms in total. The molecule has 1 aliphatic rings. The molecule has 6 heteroatoms. The van der Waals surface area contributed by atoms with Crippen molar-refractivity contribution < 1.29 is 9.53 Å². The van der Waals surface area contributed by atoms with Gasteiger partial charge >= 0.3 is 6.03 Å². The number of aryl methyl sites for hydroxylation is 1. The van der Waals surface area contributed by atoms with Crippen LogP contribution in [0.25, 0.3) is 5.69 Å². The van der Waals surface area contributed by atoms with Crippen molar-refractivity contribution in [2.75, 3.05) is 12.4 Å². The van der Waals surface area contributed by atoms with Crippen LogP contribution in [0.2, 0.25) is 5.02 Å². The summed E-state index contributed by atoms with van der Waals surface area (Å²) >= 11 is 6.18. The van der Waals surface area contributed by atoms with Gasteiger partial charge in [0.25, 0.3) is 0 Å². The van der Waals surface area contributed by atoms with E-state index < -0.39 is 0 Å². The Morgan fingerprint density at radius 3 is 2.61 bits per heavy atom. The fourth-order valence-corrected chi connectivity index (χ4v) is 4.57. The number of para-hydroxylation sites is 1. The van der Waals surface area contributed by atoms with Crippen molar-refractivity contribution in [1.82, 2.24) is 9.47 Å². The predicted molar refractivity (Wildman–Crippen MR) is 131 cm³/mol. The Bertz CT molecular complexity index is 1310. The topological polar surface area (TPSA) is 46.5 Å². The van der Waals surface area contributed by atoms with Crippen LogP contribution in [0.5, 0.6) is 5.75 Å². The number of anilines is 1. The summed E-state index contributed by atoms with van der Waals surface area (Å²) in [7, 11) is 1.60. The zero-order valence-electron chi connectivity index (χ0n) is 18.5. The number of methoxy groups -OCH3 is 1. The number of carbonyl (C=O) groups is 1. The second-order valence-electron chi connectivity index (χ2n) is 8.15. The highest BCUT2D eigenvalue weighted by atomic mass is 35.5.